The zero-order chi connectivity index (χ0) is 27.5. The van der Waals surface area contributed by atoms with E-state index in [0.29, 0.717) is 47.9 Å². The number of piperidine rings is 1. The Labute approximate surface area is 239 Å². The minimum Gasteiger partial charge on any atom is -0.365 e. The van der Waals surface area contributed by atoms with Gasteiger partial charge in [0.25, 0.3) is 0 Å². The molecule has 3 aliphatic rings. The Morgan fingerprint density at radius 3 is 2.35 bits per heavy atom. The number of nitrogens with zero attached hydrogens (tertiary/aromatic N) is 5. The molecule has 0 unspecified atom stereocenters. The molecule has 11 nitrogen and oxygen atoms in total. The van der Waals surface area contributed by atoms with E-state index in [1.165, 1.54) is 12.8 Å². The molecule has 2 aliphatic carbocycles. The summed E-state index contributed by atoms with van der Waals surface area (Å²) in [5.41, 5.74) is 8.46. The molecule has 0 radical (unpaired) electrons. The van der Waals surface area contributed by atoms with Gasteiger partial charge in [0.1, 0.15) is 0 Å². The van der Waals surface area contributed by atoms with E-state index in [4.69, 9.17) is 37.1 Å². The Morgan fingerprint density at radius 2 is 1.62 bits per heavy atom. The van der Waals surface area contributed by atoms with Crippen LogP contribution in [0.15, 0.2) is 30.6 Å². The summed E-state index contributed by atoms with van der Waals surface area (Å²) in [6, 6.07) is 8.16. The summed E-state index contributed by atoms with van der Waals surface area (Å²) in [6.45, 7) is 1.23. The van der Waals surface area contributed by atoms with Crippen LogP contribution < -0.4 is 21.7 Å². The average Bonchev–Trinajstić information content (AvgIpc) is 3.63. The number of nitrogens with two attached hydrogens (primary N) is 1. The number of amides is 1. The molecule has 1 aliphatic heterocycles. The van der Waals surface area contributed by atoms with Gasteiger partial charge in [0.2, 0.25) is 5.95 Å². The average molecular weight is 568 g/mol. The number of carbonyl (C=O) groups excluding carboxylic acids is 1. The van der Waals surface area contributed by atoms with Crippen LogP contribution in [-0.4, -0.2) is 61.9 Å². The van der Waals surface area contributed by atoms with Crippen molar-refractivity contribution in [3.63, 3.8) is 0 Å². The molecule has 1 saturated heterocycles. The summed E-state index contributed by atoms with van der Waals surface area (Å²) < 4.78 is 2.24. The summed E-state index contributed by atoms with van der Waals surface area (Å²) in [4.78, 5) is 32.5. The van der Waals surface area contributed by atoms with E-state index in [-0.39, 0.29) is 6.04 Å². The number of hydrogen-bond acceptors (Lipinski definition) is 9. The van der Waals surface area contributed by atoms with Gasteiger partial charge in [-0.1, -0.05) is 24.4 Å². The number of anilines is 3. The highest BCUT2D eigenvalue weighted by atomic mass is 35.5. The first-order valence-electron chi connectivity index (χ1n) is 14.5. The van der Waals surface area contributed by atoms with Gasteiger partial charge in [0.05, 0.1) is 6.33 Å². The Kier molecular flexibility index (Phi) is 8.22. The molecule has 2 aromatic heterocycles. The number of fused-ring (bicyclic) bond motifs is 1. The molecule has 3 heterocycles. The predicted molar refractivity (Wildman–Crippen MR) is 156 cm³/mol. The van der Waals surface area contributed by atoms with Crippen molar-refractivity contribution >= 4 is 46.3 Å². The molecule has 2 saturated carbocycles. The van der Waals surface area contributed by atoms with Crippen LogP contribution in [0, 0.1) is 0 Å². The zero-order valence-corrected chi connectivity index (χ0v) is 23.4. The molecule has 40 heavy (non-hydrogen) atoms. The molecule has 3 aromatic rings. The van der Waals surface area contributed by atoms with Crippen molar-refractivity contribution in [1.82, 2.24) is 24.6 Å². The monoisotopic (exact) mass is 567 g/mol. The smallest absolute Gasteiger partial charge is 0.365 e. The molecule has 0 atom stereocenters. The van der Waals surface area contributed by atoms with Crippen LogP contribution in [0.4, 0.5) is 22.2 Å². The number of halogens is 1. The third kappa shape index (κ3) is 6.42. The van der Waals surface area contributed by atoms with Gasteiger partial charge in [-0.05, 0) is 75.6 Å². The maximum absolute atomic E-state index is 12.3. The third-order valence-electron chi connectivity index (χ3n) is 8.34. The summed E-state index contributed by atoms with van der Waals surface area (Å²) in [6.07, 6.45) is 11.9. The van der Waals surface area contributed by atoms with Crippen LogP contribution in [0.1, 0.15) is 70.3 Å². The van der Waals surface area contributed by atoms with Crippen molar-refractivity contribution < 1.29 is 9.63 Å². The van der Waals surface area contributed by atoms with Crippen molar-refractivity contribution in [1.29, 1.82) is 0 Å². The summed E-state index contributed by atoms with van der Waals surface area (Å²) in [5.74, 6) is 1.41. The van der Waals surface area contributed by atoms with Gasteiger partial charge in [-0.2, -0.15) is 9.97 Å². The van der Waals surface area contributed by atoms with Crippen LogP contribution in [-0.2, 0) is 4.84 Å². The number of aromatic nitrogens is 4. The lowest BCUT2D eigenvalue weighted by molar-refractivity contribution is -0.106. The molecule has 3 fully saturated rings. The molecule has 0 spiro atoms. The number of hydrogen-bond donors (Lipinski definition) is 4. The lowest BCUT2D eigenvalue weighted by Crippen LogP contribution is -2.41. The molecule has 214 valence electrons. The molecule has 5 N–H and O–H groups in total. The maximum atomic E-state index is 12.3. The summed E-state index contributed by atoms with van der Waals surface area (Å²) in [5, 5.41) is 12.3. The second-order valence-corrected chi connectivity index (χ2v) is 11.7. The third-order valence-corrected chi connectivity index (χ3v) is 8.59. The number of nitrogens with one attached hydrogen (secondary N) is 3. The van der Waals surface area contributed by atoms with Crippen molar-refractivity contribution in [2.45, 2.75) is 88.4 Å². The Morgan fingerprint density at radius 1 is 0.925 bits per heavy atom. The first-order chi connectivity index (χ1) is 19.5. The van der Waals surface area contributed by atoms with Crippen LogP contribution in [0.2, 0.25) is 5.02 Å². The molecular weight excluding hydrogens is 530 g/mol. The Hall–Kier alpha value is -3.15. The number of hydroxylamine groups is 2. The van der Waals surface area contributed by atoms with Gasteiger partial charge in [-0.25, -0.2) is 9.78 Å². The highest BCUT2D eigenvalue weighted by molar-refractivity contribution is 6.30. The second kappa shape index (κ2) is 12.2. The fourth-order valence-corrected chi connectivity index (χ4v) is 6.18. The van der Waals surface area contributed by atoms with E-state index in [2.05, 4.69) is 20.5 Å². The quantitative estimate of drug-likeness (QED) is 0.299. The van der Waals surface area contributed by atoms with Crippen LogP contribution in [0.3, 0.4) is 0 Å². The molecule has 6 rings (SSSR count). The lowest BCUT2D eigenvalue weighted by atomic mass is 9.92. The summed E-state index contributed by atoms with van der Waals surface area (Å²) >= 11 is 5.92. The molecule has 1 amide bonds. The predicted octanol–water partition coefficient (Wildman–Crippen LogP) is 5.32. The van der Waals surface area contributed by atoms with Gasteiger partial charge in [-0.15, -0.1) is 5.06 Å². The maximum Gasteiger partial charge on any atom is 0.430 e. The number of rotatable bonds is 7. The largest absolute Gasteiger partial charge is 0.430 e. The standard InChI is InChI=1S/C28H38ClN9O2/c29-18-5-9-21(10-6-18)34-28(39)40-37-15-13-22(14-16-37)32-25-24-26(38(17-31-24)23-3-1-2-4-23)36-27(35-25)33-20-11-7-19(30)8-12-20/h5-6,9-10,17,19-20,22-23H,1-4,7-8,11-16,30H2,(H,34,39)(H2,32,33,35,36)/t19-,20-. The minimum atomic E-state index is -0.511. The Balaban J connectivity index is 1.11. The fraction of sp³-hybridized carbons (Fsp3) is 0.571. The second-order valence-electron chi connectivity index (χ2n) is 11.3. The van der Waals surface area contributed by atoms with E-state index in [1.54, 1.807) is 29.3 Å². The van der Waals surface area contributed by atoms with E-state index in [0.717, 1.165) is 68.3 Å². The molecule has 12 heteroatoms. The highest BCUT2D eigenvalue weighted by Gasteiger charge is 2.27. The molecule has 1 aromatic carbocycles. The fourth-order valence-electron chi connectivity index (χ4n) is 6.05. The topological polar surface area (TPSA) is 135 Å². The first-order valence-corrected chi connectivity index (χ1v) is 14.9. The van der Waals surface area contributed by atoms with Crippen molar-refractivity contribution in [3.8, 4) is 0 Å². The van der Waals surface area contributed by atoms with Gasteiger partial charge >= 0.3 is 6.09 Å². The van der Waals surface area contributed by atoms with E-state index in [1.807, 2.05) is 6.33 Å². The highest BCUT2D eigenvalue weighted by Crippen LogP contribution is 2.34. The number of imidazole rings is 1. The number of benzene rings is 1. The van der Waals surface area contributed by atoms with Gasteiger partial charge in [-0.3, -0.25) is 5.32 Å². The minimum absolute atomic E-state index is 0.175. The van der Waals surface area contributed by atoms with Crippen molar-refractivity contribution in [2.75, 3.05) is 29.0 Å². The number of carbonyl (C=O) groups is 1. The zero-order valence-electron chi connectivity index (χ0n) is 22.7. The van der Waals surface area contributed by atoms with Crippen molar-refractivity contribution in [3.05, 3.63) is 35.6 Å². The normalized spacial score (nSPS) is 22.9. The van der Waals surface area contributed by atoms with Crippen LogP contribution in [0.25, 0.3) is 11.2 Å². The van der Waals surface area contributed by atoms with Crippen LogP contribution in [0.5, 0.6) is 0 Å². The van der Waals surface area contributed by atoms with Gasteiger partial charge < -0.3 is 25.8 Å². The Bertz CT molecular complexity index is 1300. The van der Waals surface area contributed by atoms with Crippen LogP contribution >= 0.6 is 11.6 Å². The first kappa shape index (κ1) is 27.0. The van der Waals surface area contributed by atoms with E-state index >= 15 is 0 Å². The van der Waals surface area contributed by atoms with Gasteiger partial charge in [0, 0.05) is 48.0 Å². The SMILES string of the molecule is N[C@H]1CC[C@H](Nc2nc(NC3CCN(OC(=O)Nc4ccc(Cl)cc4)CC3)c3ncn(C4CCCC4)c3n2)CC1. The van der Waals surface area contributed by atoms with Crippen molar-refractivity contribution in [2.24, 2.45) is 5.73 Å². The lowest BCUT2D eigenvalue weighted by Gasteiger charge is -2.31. The molecule has 0 bridgehead atoms. The molecular formula is C28H38ClN9O2. The van der Waals surface area contributed by atoms with E-state index in [9.17, 15) is 4.79 Å². The summed E-state index contributed by atoms with van der Waals surface area (Å²) in [7, 11) is 0. The van der Waals surface area contributed by atoms with Gasteiger partial charge in [0.15, 0.2) is 17.0 Å². The van der Waals surface area contributed by atoms with E-state index < -0.39 is 6.09 Å².